The Labute approximate surface area is 101 Å². The number of nitrogens with one attached hydrogen (secondary N) is 2. The zero-order valence-electron chi connectivity index (χ0n) is 10.0. The molecule has 1 aliphatic heterocycles. The van der Waals surface area contributed by atoms with Crippen LogP contribution in [-0.4, -0.2) is 38.2 Å². The van der Waals surface area contributed by atoms with Crippen LogP contribution in [0.1, 0.15) is 25.7 Å². The van der Waals surface area contributed by atoms with Crippen molar-refractivity contribution in [1.29, 1.82) is 0 Å². The number of carbonyl (C=O) groups excluding carboxylic acids is 2. The molecule has 0 radical (unpaired) electrons. The fourth-order valence-electron chi connectivity index (χ4n) is 1.94. The Morgan fingerprint density at radius 2 is 2.06 bits per heavy atom. The van der Waals surface area contributed by atoms with E-state index in [1.165, 1.54) is 0 Å². The van der Waals surface area contributed by atoms with Gasteiger partial charge in [0.1, 0.15) is 6.61 Å². The highest BCUT2D eigenvalue weighted by molar-refractivity contribution is 5.75. The van der Waals surface area contributed by atoms with Crippen molar-refractivity contribution in [1.82, 2.24) is 10.6 Å². The van der Waals surface area contributed by atoms with Crippen LogP contribution in [0.5, 0.6) is 0 Å². The minimum Gasteiger partial charge on any atom is -0.448 e. The molecule has 1 rings (SSSR count). The van der Waals surface area contributed by atoms with Gasteiger partial charge in [-0.25, -0.2) is 4.79 Å². The topological polar surface area (TPSA) is 93.5 Å². The molecule has 98 valence electrons. The summed E-state index contributed by atoms with van der Waals surface area (Å²) < 4.78 is 4.50. The second kappa shape index (κ2) is 7.89. The van der Waals surface area contributed by atoms with Gasteiger partial charge in [0.2, 0.25) is 5.91 Å². The molecular weight excluding hydrogens is 222 g/mol. The molecule has 0 bridgehead atoms. The number of piperidine rings is 1. The van der Waals surface area contributed by atoms with Crippen LogP contribution in [-0.2, 0) is 9.53 Å². The molecule has 1 heterocycles. The van der Waals surface area contributed by atoms with E-state index >= 15 is 0 Å². The number of ether oxygens (including phenoxy) is 1. The molecular formula is C11H21N3O3. The molecule has 0 spiro atoms. The number of nitrogens with two attached hydrogens (primary N) is 1. The van der Waals surface area contributed by atoms with Gasteiger partial charge in [-0.15, -0.1) is 0 Å². The van der Waals surface area contributed by atoms with Crippen molar-refractivity contribution in [3.05, 3.63) is 0 Å². The third-order valence-electron chi connectivity index (χ3n) is 2.91. The number of rotatable bonds is 6. The molecule has 6 heteroatoms. The molecule has 0 aromatic rings. The number of carbonyl (C=O) groups is 2. The Balaban J connectivity index is 1.98. The molecule has 4 N–H and O–H groups in total. The van der Waals surface area contributed by atoms with Crippen molar-refractivity contribution in [2.24, 2.45) is 11.7 Å². The van der Waals surface area contributed by atoms with Crippen molar-refractivity contribution < 1.29 is 14.3 Å². The molecule has 0 unspecified atom stereocenters. The molecule has 0 aromatic heterocycles. The van der Waals surface area contributed by atoms with Crippen LogP contribution in [0.3, 0.4) is 0 Å². The molecule has 2 amide bonds. The Kier molecular flexibility index (Phi) is 6.39. The van der Waals surface area contributed by atoms with E-state index in [0.29, 0.717) is 18.9 Å². The highest BCUT2D eigenvalue weighted by Gasteiger charge is 2.14. The lowest BCUT2D eigenvalue weighted by Crippen LogP contribution is -2.31. The first kappa shape index (κ1) is 13.8. The van der Waals surface area contributed by atoms with Crippen molar-refractivity contribution in [3.8, 4) is 0 Å². The minimum atomic E-state index is -0.811. The third kappa shape index (κ3) is 6.78. The summed E-state index contributed by atoms with van der Waals surface area (Å²) in [4.78, 5) is 21.7. The van der Waals surface area contributed by atoms with Gasteiger partial charge in [-0.05, 0) is 38.3 Å². The maximum atomic E-state index is 11.4. The van der Waals surface area contributed by atoms with E-state index in [1.54, 1.807) is 0 Å². The quantitative estimate of drug-likeness (QED) is 0.571. The van der Waals surface area contributed by atoms with Crippen LogP contribution in [0, 0.1) is 5.92 Å². The van der Waals surface area contributed by atoms with Crippen LogP contribution in [0.4, 0.5) is 4.79 Å². The van der Waals surface area contributed by atoms with Gasteiger partial charge in [-0.1, -0.05) is 0 Å². The first-order chi connectivity index (χ1) is 8.18. The second-order valence-corrected chi connectivity index (χ2v) is 4.25. The predicted molar refractivity (Wildman–Crippen MR) is 63.4 cm³/mol. The van der Waals surface area contributed by atoms with E-state index in [4.69, 9.17) is 5.73 Å². The summed E-state index contributed by atoms with van der Waals surface area (Å²) in [6, 6.07) is 0. The van der Waals surface area contributed by atoms with Crippen LogP contribution in [0.15, 0.2) is 0 Å². The van der Waals surface area contributed by atoms with Crippen LogP contribution in [0.2, 0.25) is 0 Å². The van der Waals surface area contributed by atoms with Crippen LogP contribution >= 0.6 is 0 Å². The largest absolute Gasteiger partial charge is 0.448 e. The van der Waals surface area contributed by atoms with Gasteiger partial charge in [-0.2, -0.15) is 0 Å². The smallest absolute Gasteiger partial charge is 0.404 e. The Morgan fingerprint density at radius 1 is 1.35 bits per heavy atom. The van der Waals surface area contributed by atoms with Gasteiger partial charge < -0.3 is 21.1 Å². The summed E-state index contributed by atoms with van der Waals surface area (Å²) in [5, 5.41) is 5.98. The fraction of sp³-hybridized carbons (Fsp3) is 0.818. The molecule has 0 saturated carbocycles. The zero-order valence-corrected chi connectivity index (χ0v) is 10.0. The highest BCUT2D eigenvalue weighted by Crippen LogP contribution is 2.17. The van der Waals surface area contributed by atoms with Gasteiger partial charge in [0.25, 0.3) is 0 Å². The minimum absolute atomic E-state index is 0.0107. The Hall–Kier alpha value is -1.30. The second-order valence-electron chi connectivity index (χ2n) is 4.25. The van der Waals surface area contributed by atoms with Crippen molar-refractivity contribution >= 4 is 12.0 Å². The summed E-state index contributed by atoms with van der Waals surface area (Å²) in [6.45, 7) is 2.57. The lowest BCUT2D eigenvalue weighted by atomic mass is 9.93. The lowest BCUT2D eigenvalue weighted by Gasteiger charge is -2.22. The van der Waals surface area contributed by atoms with Gasteiger partial charge in [0.05, 0.1) is 6.54 Å². The van der Waals surface area contributed by atoms with Crippen LogP contribution in [0.25, 0.3) is 0 Å². The van der Waals surface area contributed by atoms with E-state index in [-0.39, 0.29) is 12.5 Å². The first-order valence-electron chi connectivity index (χ1n) is 6.08. The van der Waals surface area contributed by atoms with Gasteiger partial charge >= 0.3 is 6.09 Å². The molecule has 0 aromatic carbocycles. The van der Waals surface area contributed by atoms with E-state index in [9.17, 15) is 9.59 Å². The highest BCUT2D eigenvalue weighted by atomic mass is 16.5. The molecule has 1 aliphatic rings. The summed E-state index contributed by atoms with van der Waals surface area (Å²) in [5.74, 6) is 0.667. The average molecular weight is 243 g/mol. The maximum Gasteiger partial charge on any atom is 0.404 e. The molecule has 1 saturated heterocycles. The van der Waals surface area contributed by atoms with Gasteiger partial charge in [0, 0.05) is 6.42 Å². The number of primary amides is 1. The third-order valence-corrected chi connectivity index (χ3v) is 2.91. The zero-order chi connectivity index (χ0) is 12.5. The normalized spacial score (nSPS) is 16.5. The van der Waals surface area contributed by atoms with Crippen molar-refractivity contribution in [2.75, 3.05) is 26.2 Å². The van der Waals surface area contributed by atoms with Gasteiger partial charge in [0.15, 0.2) is 0 Å². The van der Waals surface area contributed by atoms with Gasteiger partial charge in [-0.3, -0.25) is 4.79 Å². The number of hydrogen-bond donors (Lipinski definition) is 3. The van der Waals surface area contributed by atoms with E-state index in [1.807, 2.05) is 0 Å². The predicted octanol–water partition coefficient (Wildman–Crippen LogP) is -0.0223. The lowest BCUT2D eigenvalue weighted by molar-refractivity contribution is -0.121. The average Bonchev–Trinajstić information content (AvgIpc) is 2.33. The van der Waals surface area contributed by atoms with Crippen molar-refractivity contribution in [2.45, 2.75) is 25.7 Å². The molecule has 0 atom stereocenters. The van der Waals surface area contributed by atoms with Crippen molar-refractivity contribution in [3.63, 3.8) is 0 Å². The number of amides is 2. The summed E-state index contributed by atoms with van der Waals surface area (Å²) in [6.07, 6.45) is 2.97. The van der Waals surface area contributed by atoms with E-state index in [2.05, 4.69) is 15.4 Å². The Morgan fingerprint density at radius 3 is 2.71 bits per heavy atom. The fourth-order valence-corrected chi connectivity index (χ4v) is 1.94. The maximum absolute atomic E-state index is 11.4. The summed E-state index contributed by atoms with van der Waals surface area (Å²) in [7, 11) is 0. The first-order valence-corrected chi connectivity index (χ1v) is 6.08. The number of hydrogen-bond acceptors (Lipinski definition) is 4. The van der Waals surface area contributed by atoms with Crippen LogP contribution < -0.4 is 16.4 Å². The Bertz CT molecular complexity index is 252. The SMILES string of the molecule is NC(=O)OCCNC(=O)CCC1CCNCC1. The standard InChI is InChI=1S/C11H21N3O3/c12-11(16)17-8-7-14-10(15)2-1-9-3-5-13-6-4-9/h9,13H,1-8H2,(H2,12,16)(H,14,15). The molecule has 6 nitrogen and oxygen atoms in total. The monoisotopic (exact) mass is 243 g/mol. The molecule has 1 fully saturated rings. The molecule has 17 heavy (non-hydrogen) atoms. The summed E-state index contributed by atoms with van der Waals surface area (Å²) >= 11 is 0. The van der Waals surface area contributed by atoms with E-state index in [0.717, 1.165) is 32.4 Å². The summed E-state index contributed by atoms with van der Waals surface area (Å²) in [5.41, 5.74) is 4.79. The van der Waals surface area contributed by atoms with E-state index < -0.39 is 6.09 Å². The molecule has 0 aliphatic carbocycles.